The van der Waals surface area contributed by atoms with Gasteiger partial charge in [0.15, 0.2) is 21.1 Å². The Hall–Kier alpha value is -10.4. The molecule has 2 aliphatic heterocycles. The van der Waals surface area contributed by atoms with Gasteiger partial charge in [0.25, 0.3) is 32.1 Å². The van der Waals surface area contributed by atoms with Gasteiger partial charge >= 0.3 is 5.97 Å². The fraction of sp³-hybridized carbons (Fsp3) is 0.125. The lowest BCUT2D eigenvalue weighted by Gasteiger charge is -2.43. The molecule has 13 rings (SSSR count). The first-order chi connectivity index (χ1) is 44.5. The average Bonchev–Trinajstić information content (AvgIpc) is 1.46. The first-order valence-corrected chi connectivity index (χ1v) is 32.7. The molecule has 6 aromatic carbocycles. The van der Waals surface area contributed by atoms with E-state index in [0.29, 0.717) is 28.5 Å². The van der Waals surface area contributed by atoms with Crippen LogP contribution in [0.25, 0.3) is 66.5 Å². The molecule has 0 saturated carbocycles. The Balaban J connectivity index is 0.705. The number of carboxylic acid groups (broad SMARTS) is 1. The normalized spacial score (nSPS) is 14.7. The third-order valence-electron chi connectivity index (χ3n) is 15.9. The molecule has 4 aliphatic rings. The molecule has 2 aliphatic carbocycles. The van der Waals surface area contributed by atoms with E-state index in [2.05, 4.69) is 15.8 Å². The number of hydrogen-bond donors (Lipinski definition) is 7. The van der Waals surface area contributed by atoms with Gasteiger partial charge in [0.05, 0.1) is 62.5 Å². The molecule has 3 aromatic heterocycles. The van der Waals surface area contributed by atoms with E-state index in [0.717, 1.165) is 68.0 Å². The zero-order valence-corrected chi connectivity index (χ0v) is 51.5. The van der Waals surface area contributed by atoms with E-state index >= 15 is 4.39 Å². The number of thiophene rings is 1. The summed E-state index contributed by atoms with van der Waals surface area (Å²) in [7, 11) is -8.76. The van der Waals surface area contributed by atoms with Gasteiger partial charge in [0, 0.05) is 70.0 Å². The average molecular weight is 1330 g/mol. The van der Waals surface area contributed by atoms with Crippen LogP contribution >= 0.6 is 22.7 Å². The number of aromatic nitrogens is 4. The zero-order valence-electron chi connectivity index (χ0n) is 48.2. The predicted octanol–water partition coefficient (Wildman–Crippen LogP) is 9.85. The second-order valence-corrected chi connectivity index (χ2v) is 26.3. The number of carbonyl (C=O) groups excluding carboxylic acids is 3. The van der Waals surface area contributed by atoms with Gasteiger partial charge in [0.2, 0.25) is 5.91 Å². The molecule has 9 aromatic rings. The monoisotopic (exact) mass is 1330 g/mol. The molecule has 0 bridgehead atoms. The predicted molar refractivity (Wildman–Crippen MR) is 339 cm³/mol. The lowest BCUT2D eigenvalue weighted by molar-refractivity contribution is -0.127. The number of nitrogens with zero attached hydrogens (tertiary/aromatic N) is 6. The molecule has 23 nitrogen and oxygen atoms in total. The Morgan fingerprint density at radius 1 is 0.806 bits per heavy atom. The summed E-state index contributed by atoms with van der Waals surface area (Å²) in [4.78, 5) is 61.9. The van der Waals surface area contributed by atoms with Crippen molar-refractivity contribution < 1.29 is 68.2 Å². The number of carbonyl (C=O) groups is 4. The van der Waals surface area contributed by atoms with Gasteiger partial charge in [-0.2, -0.15) is 16.8 Å². The van der Waals surface area contributed by atoms with Crippen LogP contribution in [0.3, 0.4) is 0 Å². The highest BCUT2D eigenvalue weighted by molar-refractivity contribution is 7.86. The molecular formula is C64H48F2N10O13S4. The maximum atomic E-state index is 15.5. The fourth-order valence-corrected chi connectivity index (χ4v) is 15.3. The quantitative estimate of drug-likeness (QED) is 0.0205. The van der Waals surface area contributed by atoms with Crippen molar-refractivity contribution >= 4 is 94.6 Å². The third kappa shape index (κ3) is 11.3. The van der Waals surface area contributed by atoms with Crippen LogP contribution in [-0.4, -0.2) is 101 Å². The molecule has 5 heterocycles. The Labute approximate surface area is 534 Å². The minimum atomic E-state index is -5.29. The third-order valence-corrected chi connectivity index (χ3v) is 19.7. The molecule has 0 fully saturated rings. The van der Waals surface area contributed by atoms with E-state index in [4.69, 9.17) is 30.4 Å². The summed E-state index contributed by atoms with van der Waals surface area (Å²) in [5.74, 6) is -5.35. The van der Waals surface area contributed by atoms with Gasteiger partial charge in [0.1, 0.15) is 35.1 Å². The minimum Gasteiger partial charge on any atom is -0.478 e. The summed E-state index contributed by atoms with van der Waals surface area (Å²) >= 11 is 2.82. The number of nitrogen functional groups attached to an aromatic ring is 1. The molecule has 2 unspecified atom stereocenters. The lowest BCUT2D eigenvalue weighted by atomic mass is 9.87. The van der Waals surface area contributed by atoms with Crippen molar-refractivity contribution in [2.75, 3.05) is 42.3 Å². The topological polar surface area (TPSA) is 344 Å². The molecule has 29 heteroatoms. The van der Waals surface area contributed by atoms with Crippen LogP contribution in [0.15, 0.2) is 165 Å². The number of nitrogens with two attached hydrogens (primary N) is 1. The van der Waals surface area contributed by atoms with Crippen LogP contribution < -0.4 is 31.5 Å². The van der Waals surface area contributed by atoms with E-state index in [1.807, 2.05) is 70.9 Å². The highest BCUT2D eigenvalue weighted by Gasteiger charge is 2.41. The Bertz CT molecular complexity index is 5210. The molecular weight excluding hydrogens is 1280 g/mol. The molecule has 0 spiro atoms. The number of fused-ring (bicyclic) bond motifs is 8. The van der Waals surface area contributed by atoms with Gasteiger partial charge in [-0.15, -0.1) is 27.8 Å². The number of para-hydroxylation sites is 1. The number of thiazole rings is 1. The van der Waals surface area contributed by atoms with Crippen LogP contribution in [0.2, 0.25) is 0 Å². The largest absolute Gasteiger partial charge is 0.478 e. The smallest absolute Gasteiger partial charge is 0.336 e. The van der Waals surface area contributed by atoms with Crippen molar-refractivity contribution in [3.63, 3.8) is 0 Å². The van der Waals surface area contributed by atoms with Crippen molar-refractivity contribution in [3.05, 3.63) is 206 Å². The van der Waals surface area contributed by atoms with Gasteiger partial charge < -0.3 is 35.5 Å². The standard InChI is InChI=1S/C64H48F2N10O13S4/c1-74-47-21-15-34(65)28-42(47)63(79)76(48-13-7-6-12-43(48)66)62(74)51-23-22-50(91-51)46-31-90-53(71-46)29-75-56-35-9-3-2-8-32(35)27-49(36-10-4-5-11-37(36)55(56)72-73-75)88-30-52(77)69-24-25-70-61(78)33-14-16-38(64(80)81)41(26-33)54-39-17-19-44(67)59(92(82,83)84)57(39)89-58-40(54)18-20-45(68)60(58)93(85,86)87/h2-23,26,28,31,49,62,67H,24-25,27,29-30,68H2,1H3,(H,69,77)(H,70,78)(H,80,81)(H,82,83,84)(H,85,86,87). The molecule has 93 heavy (non-hydrogen) atoms. The van der Waals surface area contributed by atoms with Crippen LogP contribution in [0.4, 0.5) is 25.8 Å². The van der Waals surface area contributed by atoms with Crippen molar-refractivity contribution in [3.8, 4) is 55.5 Å². The Morgan fingerprint density at radius 3 is 2.32 bits per heavy atom. The SMILES string of the molecule is CN1c2ccc(F)cc2C(=O)N(c2ccccc2F)C1c1ccc(-c2csc(Cn3nnc4c3-c3ccccc3CC(OCC(=O)NCCNC(=O)c3ccc(C(=O)O)c(-c5c6ccc(=N)c(S(=O)(=O)O)c-6oc6c(S(=O)(=O)O)c(N)ccc56)c3)c3ccccc3-4)n2)s1. The van der Waals surface area contributed by atoms with E-state index in [1.54, 1.807) is 23.9 Å². The summed E-state index contributed by atoms with van der Waals surface area (Å²) in [5, 5.41) is 35.1. The molecule has 2 atom stereocenters. The molecule has 0 saturated heterocycles. The molecule has 3 amide bonds. The van der Waals surface area contributed by atoms with Crippen molar-refractivity contribution in [2.45, 2.75) is 35.0 Å². The molecule has 8 N–H and O–H groups in total. The van der Waals surface area contributed by atoms with Crippen LogP contribution in [0, 0.1) is 17.0 Å². The van der Waals surface area contributed by atoms with Gasteiger partial charge in [-0.1, -0.05) is 65.9 Å². The summed E-state index contributed by atoms with van der Waals surface area (Å²) in [6, 6.07) is 36.8. The van der Waals surface area contributed by atoms with E-state index in [1.165, 1.54) is 70.0 Å². The highest BCUT2D eigenvalue weighted by Crippen LogP contribution is 2.48. The Kier molecular flexibility index (Phi) is 15.9. The summed E-state index contributed by atoms with van der Waals surface area (Å²) in [6.07, 6.45) is -1.10. The number of amides is 3. The zero-order chi connectivity index (χ0) is 65.4. The maximum Gasteiger partial charge on any atom is 0.336 e. The second-order valence-electron chi connectivity index (χ2n) is 21.6. The fourth-order valence-electron chi connectivity index (χ4n) is 11.8. The van der Waals surface area contributed by atoms with Crippen molar-refractivity contribution in [2.24, 2.45) is 0 Å². The van der Waals surface area contributed by atoms with Crippen molar-refractivity contribution in [1.29, 1.82) is 5.41 Å². The van der Waals surface area contributed by atoms with Gasteiger partial charge in [-0.3, -0.25) is 33.8 Å². The van der Waals surface area contributed by atoms with Crippen LogP contribution in [0.1, 0.15) is 64.4 Å². The first-order valence-electron chi connectivity index (χ1n) is 28.2. The maximum absolute atomic E-state index is 15.5. The minimum absolute atomic E-state index is 0.0501. The molecule has 0 radical (unpaired) electrons. The first kappa shape index (κ1) is 61.5. The highest BCUT2D eigenvalue weighted by atomic mass is 32.2. The number of anilines is 3. The number of benzene rings is 7. The lowest BCUT2D eigenvalue weighted by Crippen LogP contribution is -2.48. The van der Waals surface area contributed by atoms with Crippen LogP contribution in [0.5, 0.6) is 0 Å². The number of rotatable bonds is 16. The summed E-state index contributed by atoms with van der Waals surface area (Å²) < 4.78 is 115. The van der Waals surface area contributed by atoms with Crippen LogP contribution in [-0.2, 0) is 42.7 Å². The van der Waals surface area contributed by atoms with Gasteiger partial charge in [-0.05, 0) is 102 Å². The number of aromatic carboxylic acids is 1. The molecule has 470 valence electrons. The van der Waals surface area contributed by atoms with Crippen molar-refractivity contribution in [1.82, 2.24) is 30.6 Å². The number of hydrogen-bond acceptors (Lipinski definition) is 18. The van der Waals surface area contributed by atoms with Gasteiger partial charge in [-0.25, -0.2) is 23.2 Å². The van der Waals surface area contributed by atoms with E-state index in [-0.39, 0.29) is 58.5 Å². The summed E-state index contributed by atoms with van der Waals surface area (Å²) in [5.41, 5.74) is 9.08. The van der Waals surface area contributed by atoms with E-state index in [9.17, 15) is 54.6 Å². The number of halogens is 2. The number of carboxylic acids is 1. The Morgan fingerprint density at radius 2 is 1.55 bits per heavy atom. The summed E-state index contributed by atoms with van der Waals surface area (Å²) in [6.45, 7) is -0.409. The number of ether oxygens (including phenoxy) is 1. The van der Waals surface area contributed by atoms with E-state index < -0.39 is 112 Å². The second kappa shape index (κ2) is 24.0. The number of nitrogens with one attached hydrogen (secondary N) is 3.